The number of likely N-dealkylation sites (tertiary alicyclic amines) is 1. The molecule has 4 rings (SSSR count). The molecule has 1 unspecified atom stereocenters. The van der Waals surface area contributed by atoms with Crippen molar-refractivity contribution in [1.82, 2.24) is 4.90 Å². The lowest BCUT2D eigenvalue weighted by Crippen LogP contribution is -2.49. The van der Waals surface area contributed by atoms with Gasteiger partial charge >= 0.3 is 0 Å². The van der Waals surface area contributed by atoms with Crippen molar-refractivity contribution < 1.29 is 19.1 Å². The minimum absolute atomic E-state index is 0.0235. The lowest BCUT2D eigenvalue weighted by Gasteiger charge is -2.38. The van der Waals surface area contributed by atoms with Gasteiger partial charge in [0.2, 0.25) is 11.8 Å². The zero-order chi connectivity index (χ0) is 18.3. The maximum absolute atomic E-state index is 12.9. The predicted octanol–water partition coefficient (Wildman–Crippen LogP) is 2.37. The third-order valence-corrected chi connectivity index (χ3v) is 5.82. The number of hydrogen-bond donors (Lipinski definition) is 0. The first-order valence-electron chi connectivity index (χ1n) is 9.11. The summed E-state index contributed by atoms with van der Waals surface area (Å²) in [5, 5.41) is 0.589. The van der Waals surface area contributed by atoms with Gasteiger partial charge in [-0.1, -0.05) is 17.7 Å². The molecule has 0 aliphatic carbocycles. The largest absolute Gasteiger partial charge is 0.347 e. The van der Waals surface area contributed by atoms with Crippen LogP contribution in [0, 0.1) is 12.8 Å². The van der Waals surface area contributed by atoms with E-state index in [0.717, 1.165) is 11.3 Å². The summed E-state index contributed by atoms with van der Waals surface area (Å²) in [5.41, 5.74) is 1.77. The van der Waals surface area contributed by atoms with Gasteiger partial charge < -0.3 is 19.3 Å². The first kappa shape index (κ1) is 17.8. The summed E-state index contributed by atoms with van der Waals surface area (Å²) in [6, 6.07) is 5.49. The molecule has 0 bridgehead atoms. The molecular weight excluding hydrogens is 356 g/mol. The molecule has 0 radical (unpaired) electrons. The van der Waals surface area contributed by atoms with Gasteiger partial charge in [0.25, 0.3) is 0 Å². The summed E-state index contributed by atoms with van der Waals surface area (Å²) < 4.78 is 11.4. The standard InChI is InChI=1S/C19H23ClN2O4/c1-13-2-3-15(20)11-16(13)22-12-14(10-17(22)23)18(24)21-6-4-19(5-7-21)25-8-9-26-19/h2-3,11,14H,4-10,12H2,1H3. The molecule has 3 aliphatic heterocycles. The number of benzene rings is 1. The van der Waals surface area contributed by atoms with Crippen molar-refractivity contribution in [2.45, 2.75) is 32.0 Å². The van der Waals surface area contributed by atoms with E-state index in [1.54, 1.807) is 17.0 Å². The van der Waals surface area contributed by atoms with Crippen LogP contribution in [-0.4, -0.2) is 55.3 Å². The van der Waals surface area contributed by atoms with Crippen molar-refractivity contribution in [3.8, 4) is 0 Å². The van der Waals surface area contributed by atoms with E-state index in [2.05, 4.69) is 0 Å². The van der Waals surface area contributed by atoms with E-state index in [4.69, 9.17) is 21.1 Å². The number of carbonyl (C=O) groups is 2. The lowest BCUT2D eigenvalue weighted by atomic mass is 10.0. The van der Waals surface area contributed by atoms with Crippen LogP contribution in [0.5, 0.6) is 0 Å². The molecule has 3 heterocycles. The average Bonchev–Trinajstić information content (AvgIpc) is 3.24. The van der Waals surface area contributed by atoms with Gasteiger partial charge in [-0.2, -0.15) is 0 Å². The zero-order valence-corrected chi connectivity index (χ0v) is 15.6. The molecule has 3 saturated heterocycles. The number of piperidine rings is 1. The molecule has 6 nitrogen and oxygen atoms in total. The monoisotopic (exact) mass is 378 g/mol. The van der Waals surface area contributed by atoms with Crippen LogP contribution in [0.4, 0.5) is 5.69 Å². The molecule has 7 heteroatoms. The third-order valence-electron chi connectivity index (χ3n) is 5.59. The molecule has 0 saturated carbocycles. The van der Waals surface area contributed by atoms with E-state index in [1.165, 1.54) is 0 Å². The van der Waals surface area contributed by atoms with E-state index in [1.807, 2.05) is 17.9 Å². The highest BCUT2D eigenvalue weighted by atomic mass is 35.5. The molecule has 26 heavy (non-hydrogen) atoms. The van der Waals surface area contributed by atoms with Gasteiger partial charge in [-0.15, -0.1) is 0 Å². The molecule has 1 aromatic carbocycles. The van der Waals surface area contributed by atoms with Crippen molar-refractivity contribution in [3.63, 3.8) is 0 Å². The van der Waals surface area contributed by atoms with Gasteiger partial charge in [-0.3, -0.25) is 9.59 Å². The Morgan fingerprint density at radius 1 is 1.23 bits per heavy atom. The summed E-state index contributed by atoms with van der Waals surface area (Å²) in [4.78, 5) is 29.0. The molecule has 1 aromatic rings. The Bertz CT molecular complexity index is 722. The minimum Gasteiger partial charge on any atom is -0.347 e. The Balaban J connectivity index is 1.42. The number of halogens is 1. The van der Waals surface area contributed by atoms with Crippen LogP contribution in [-0.2, 0) is 19.1 Å². The maximum atomic E-state index is 12.9. The third kappa shape index (κ3) is 3.21. The number of anilines is 1. The normalized spacial score (nSPS) is 25.3. The van der Waals surface area contributed by atoms with E-state index in [-0.39, 0.29) is 24.2 Å². The average molecular weight is 379 g/mol. The SMILES string of the molecule is Cc1ccc(Cl)cc1N1CC(C(=O)N2CCC3(CC2)OCCO3)CC1=O. The topological polar surface area (TPSA) is 59.1 Å². The van der Waals surface area contributed by atoms with Crippen LogP contribution in [0.2, 0.25) is 5.02 Å². The molecule has 0 aromatic heterocycles. The van der Waals surface area contributed by atoms with Crippen LogP contribution in [0.1, 0.15) is 24.8 Å². The number of rotatable bonds is 2. The smallest absolute Gasteiger partial charge is 0.228 e. The number of carbonyl (C=O) groups excluding carboxylic acids is 2. The van der Waals surface area contributed by atoms with E-state index >= 15 is 0 Å². The Labute approximate surface area is 158 Å². The molecular formula is C19H23ClN2O4. The number of nitrogens with zero attached hydrogens (tertiary/aromatic N) is 2. The van der Waals surface area contributed by atoms with Crippen LogP contribution >= 0.6 is 11.6 Å². The van der Waals surface area contributed by atoms with Crippen molar-refractivity contribution in [2.75, 3.05) is 37.7 Å². The Hall–Kier alpha value is -1.63. The predicted molar refractivity (Wildman–Crippen MR) is 97.1 cm³/mol. The first-order chi connectivity index (χ1) is 12.5. The Kier molecular flexibility index (Phi) is 4.67. The van der Waals surface area contributed by atoms with E-state index in [0.29, 0.717) is 50.7 Å². The molecule has 1 atom stereocenters. The van der Waals surface area contributed by atoms with Gasteiger partial charge in [0.1, 0.15) is 0 Å². The fraction of sp³-hybridized carbons (Fsp3) is 0.579. The highest BCUT2D eigenvalue weighted by molar-refractivity contribution is 6.31. The number of ether oxygens (including phenoxy) is 2. The van der Waals surface area contributed by atoms with Crippen LogP contribution < -0.4 is 4.90 Å². The molecule has 0 N–H and O–H groups in total. The summed E-state index contributed by atoms with van der Waals surface area (Å²) in [5.74, 6) is -0.773. The lowest BCUT2D eigenvalue weighted by molar-refractivity contribution is -0.188. The van der Waals surface area contributed by atoms with Crippen molar-refractivity contribution in [1.29, 1.82) is 0 Å². The summed E-state index contributed by atoms with van der Waals surface area (Å²) in [6.45, 7) is 4.82. The Morgan fingerprint density at radius 3 is 2.62 bits per heavy atom. The van der Waals surface area contributed by atoms with Crippen molar-refractivity contribution >= 4 is 29.1 Å². The van der Waals surface area contributed by atoms with Gasteiger partial charge in [-0.05, 0) is 24.6 Å². The van der Waals surface area contributed by atoms with Crippen molar-refractivity contribution in [2.24, 2.45) is 5.92 Å². The van der Waals surface area contributed by atoms with Crippen LogP contribution in [0.15, 0.2) is 18.2 Å². The number of hydrogen-bond acceptors (Lipinski definition) is 4. The van der Waals surface area contributed by atoms with E-state index < -0.39 is 5.79 Å². The second-order valence-corrected chi connectivity index (χ2v) is 7.71. The first-order valence-corrected chi connectivity index (χ1v) is 9.48. The number of aryl methyl sites for hydroxylation is 1. The summed E-state index contributed by atoms with van der Waals surface area (Å²) >= 11 is 6.09. The quantitative estimate of drug-likeness (QED) is 0.792. The van der Waals surface area contributed by atoms with Crippen LogP contribution in [0.25, 0.3) is 0 Å². The molecule has 3 fully saturated rings. The maximum Gasteiger partial charge on any atom is 0.228 e. The second kappa shape index (κ2) is 6.83. The highest BCUT2D eigenvalue weighted by Crippen LogP contribution is 2.34. The molecule has 3 aliphatic rings. The van der Waals surface area contributed by atoms with Gasteiger partial charge in [-0.25, -0.2) is 0 Å². The van der Waals surface area contributed by atoms with Gasteiger partial charge in [0.15, 0.2) is 5.79 Å². The fourth-order valence-electron chi connectivity index (χ4n) is 4.09. The zero-order valence-electron chi connectivity index (χ0n) is 14.9. The summed E-state index contributed by atoms with van der Waals surface area (Å²) in [7, 11) is 0. The fourth-order valence-corrected chi connectivity index (χ4v) is 4.26. The minimum atomic E-state index is -0.494. The van der Waals surface area contributed by atoms with Crippen LogP contribution in [0.3, 0.4) is 0 Å². The molecule has 140 valence electrons. The van der Waals surface area contributed by atoms with E-state index in [9.17, 15) is 9.59 Å². The second-order valence-electron chi connectivity index (χ2n) is 7.27. The van der Waals surface area contributed by atoms with Crippen molar-refractivity contribution in [3.05, 3.63) is 28.8 Å². The number of amides is 2. The molecule has 1 spiro atoms. The molecule has 2 amide bonds. The Morgan fingerprint density at radius 2 is 1.92 bits per heavy atom. The van der Waals surface area contributed by atoms with Gasteiger partial charge in [0.05, 0.1) is 19.1 Å². The highest BCUT2D eigenvalue weighted by Gasteiger charge is 2.43. The summed E-state index contributed by atoms with van der Waals surface area (Å²) in [6.07, 6.45) is 1.63. The van der Waals surface area contributed by atoms with Gasteiger partial charge in [0, 0.05) is 49.6 Å².